The zero-order valence-electron chi connectivity index (χ0n) is 18.6. The van der Waals surface area contributed by atoms with Crippen LogP contribution in [0.15, 0.2) is 57.0 Å². The van der Waals surface area contributed by atoms with Gasteiger partial charge in [-0.2, -0.15) is 0 Å². The Labute approximate surface area is 200 Å². The fourth-order valence-corrected chi connectivity index (χ4v) is 4.83. The minimum absolute atomic E-state index is 0.0301. The van der Waals surface area contributed by atoms with Gasteiger partial charge in [0.25, 0.3) is 5.56 Å². The molecule has 0 spiro atoms. The number of methoxy groups -OCH3 is 1. The van der Waals surface area contributed by atoms with E-state index in [-0.39, 0.29) is 17.1 Å². The topological polar surface area (TPSA) is 79.3 Å². The van der Waals surface area contributed by atoms with Crippen LogP contribution in [-0.4, -0.2) is 39.4 Å². The standard InChI is InChI=1S/C24H24ClN3O4S/c1-15-11-20(16(2)28(15)13-18-5-4-9-32-18)22(29)14-33-24-26-21-12-17(25)6-7-19(21)23(30)27(24)8-10-31-3/h4-7,9,11-12H,8,10,13-14H2,1-3H3. The number of halogens is 1. The largest absolute Gasteiger partial charge is 0.467 e. The highest BCUT2D eigenvalue weighted by molar-refractivity contribution is 7.99. The summed E-state index contributed by atoms with van der Waals surface area (Å²) in [6, 6.07) is 10.7. The highest BCUT2D eigenvalue weighted by atomic mass is 35.5. The number of benzene rings is 1. The molecule has 0 atom stereocenters. The molecule has 0 fully saturated rings. The summed E-state index contributed by atoms with van der Waals surface area (Å²) in [5.74, 6) is 0.945. The van der Waals surface area contributed by atoms with Gasteiger partial charge in [-0.15, -0.1) is 0 Å². The lowest BCUT2D eigenvalue weighted by Crippen LogP contribution is -2.25. The molecule has 0 radical (unpaired) electrons. The Morgan fingerprint density at radius 3 is 2.76 bits per heavy atom. The van der Waals surface area contributed by atoms with Crippen LogP contribution >= 0.6 is 23.4 Å². The van der Waals surface area contributed by atoms with Crippen molar-refractivity contribution in [1.29, 1.82) is 0 Å². The van der Waals surface area contributed by atoms with Crippen LogP contribution in [0, 0.1) is 13.8 Å². The molecule has 0 saturated heterocycles. The second-order valence-corrected chi connectivity index (χ2v) is 9.05. The van der Waals surface area contributed by atoms with Crippen molar-refractivity contribution >= 4 is 40.0 Å². The molecule has 0 amide bonds. The third-order valence-electron chi connectivity index (χ3n) is 5.50. The number of ketones is 1. The first kappa shape index (κ1) is 23.4. The fraction of sp³-hybridized carbons (Fsp3) is 0.292. The number of ether oxygens (including phenoxy) is 1. The Morgan fingerprint density at radius 2 is 2.03 bits per heavy atom. The lowest BCUT2D eigenvalue weighted by molar-refractivity contribution is 0.102. The quantitative estimate of drug-likeness (QED) is 0.194. The number of nitrogens with zero attached hydrogens (tertiary/aromatic N) is 3. The fourth-order valence-electron chi connectivity index (χ4n) is 3.76. The SMILES string of the molecule is COCCn1c(SCC(=O)c2cc(C)n(Cc3ccco3)c2C)nc2cc(Cl)ccc2c1=O. The monoisotopic (exact) mass is 485 g/mol. The summed E-state index contributed by atoms with van der Waals surface area (Å²) in [7, 11) is 1.58. The number of hydrogen-bond donors (Lipinski definition) is 0. The summed E-state index contributed by atoms with van der Waals surface area (Å²) >= 11 is 7.34. The van der Waals surface area contributed by atoms with Gasteiger partial charge in [0.05, 0.1) is 42.6 Å². The van der Waals surface area contributed by atoms with Crippen LogP contribution in [-0.2, 0) is 17.8 Å². The van der Waals surface area contributed by atoms with Crippen molar-refractivity contribution in [1.82, 2.24) is 14.1 Å². The van der Waals surface area contributed by atoms with E-state index in [0.717, 1.165) is 17.1 Å². The van der Waals surface area contributed by atoms with E-state index in [0.29, 0.717) is 46.3 Å². The molecule has 0 aliphatic rings. The van der Waals surface area contributed by atoms with Crippen molar-refractivity contribution < 1.29 is 13.9 Å². The van der Waals surface area contributed by atoms with Crippen molar-refractivity contribution in [2.75, 3.05) is 19.5 Å². The summed E-state index contributed by atoms with van der Waals surface area (Å²) in [6.07, 6.45) is 1.64. The van der Waals surface area contributed by atoms with E-state index >= 15 is 0 Å². The normalized spacial score (nSPS) is 11.4. The first-order valence-electron chi connectivity index (χ1n) is 10.4. The first-order chi connectivity index (χ1) is 15.9. The molecule has 4 rings (SSSR count). The van der Waals surface area contributed by atoms with E-state index in [1.165, 1.54) is 11.8 Å². The Balaban J connectivity index is 1.60. The number of aryl methyl sites for hydroxylation is 1. The van der Waals surface area contributed by atoms with Crippen molar-refractivity contribution in [2.45, 2.75) is 32.1 Å². The second-order valence-electron chi connectivity index (χ2n) is 7.67. The van der Waals surface area contributed by atoms with Crippen LogP contribution in [0.2, 0.25) is 5.02 Å². The van der Waals surface area contributed by atoms with Gasteiger partial charge in [0.1, 0.15) is 5.76 Å². The molecule has 7 nitrogen and oxygen atoms in total. The predicted molar refractivity (Wildman–Crippen MR) is 130 cm³/mol. The Morgan fingerprint density at radius 1 is 1.21 bits per heavy atom. The molecule has 9 heteroatoms. The summed E-state index contributed by atoms with van der Waals surface area (Å²) in [5, 5.41) is 1.44. The van der Waals surface area contributed by atoms with E-state index in [4.69, 9.17) is 20.8 Å². The summed E-state index contributed by atoms with van der Waals surface area (Å²) in [5.41, 5.74) is 2.84. The molecule has 4 aromatic rings. The van der Waals surface area contributed by atoms with Crippen molar-refractivity contribution in [3.8, 4) is 0 Å². The summed E-state index contributed by atoms with van der Waals surface area (Å²) < 4.78 is 14.2. The molecule has 33 heavy (non-hydrogen) atoms. The number of rotatable bonds is 9. The number of carbonyl (C=O) groups is 1. The zero-order valence-corrected chi connectivity index (χ0v) is 20.2. The molecule has 0 N–H and O–H groups in total. The van der Waals surface area contributed by atoms with Gasteiger partial charge in [0, 0.05) is 29.1 Å². The maximum atomic E-state index is 13.1. The molecule has 0 aliphatic carbocycles. The van der Waals surface area contributed by atoms with Crippen LogP contribution < -0.4 is 5.56 Å². The average molecular weight is 486 g/mol. The van der Waals surface area contributed by atoms with E-state index in [2.05, 4.69) is 9.55 Å². The van der Waals surface area contributed by atoms with Crippen molar-refractivity contribution in [2.24, 2.45) is 0 Å². The highest BCUT2D eigenvalue weighted by Crippen LogP contribution is 2.24. The molecule has 172 valence electrons. The van der Waals surface area contributed by atoms with Crippen molar-refractivity contribution in [3.05, 3.63) is 80.7 Å². The van der Waals surface area contributed by atoms with E-state index in [1.807, 2.05) is 32.0 Å². The van der Waals surface area contributed by atoms with Gasteiger partial charge in [-0.05, 0) is 50.2 Å². The smallest absolute Gasteiger partial charge is 0.262 e. The number of Topliss-reactive ketones (excluding diaryl/α,β-unsaturated/α-hetero) is 1. The maximum absolute atomic E-state index is 13.1. The van der Waals surface area contributed by atoms with Gasteiger partial charge in [-0.25, -0.2) is 4.98 Å². The van der Waals surface area contributed by atoms with Crippen LogP contribution in [0.25, 0.3) is 10.9 Å². The number of hydrogen-bond acceptors (Lipinski definition) is 6. The predicted octanol–water partition coefficient (Wildman–Crippen LogP) is 4.73. The molecule has 0 bridgehead atoms. The Kier molecular flexibility index (Phi) is 7.07. The molecular weight excluding hydrogens is 462 g/mol. The third-order valence-corrected chi connectivity index (χ3v) is 6.71. The number of furan rings is 1. The lowest BCUT2D eigenvalue weighted by atomic mass is 10.2. The first-order valence-corrected chi connectivity index (χ1v) is 11.8. The van der Waals surface area contributed by atoms with Gasteiger partial charge in [-0.3, -0.25) is 14.2 Å². The second kappa shape index (κ2) is 9.99. The number of carbonyl (C=O) groups excluding carboxylic acids is 1. The van der Waals surface area contributed by atoms with E-state index in [1.54, 1.807) is 36.1 Å². The number of fused-ring (bicyclic) bond motifs is 1. The van der Waals surface area contributed by atoms with E-state index < -0.39 is 0 Å². The van der Waals surface area contributed by atoms with Crippen LogP contribution in [0.5, 0.6) is 0 Å². The molecule has 3 heterocycles. The zero-order chi connectivity index (χ0) is 23.5. The third kappa shape index (κ3) is 4.93. The molecule has 0 saturated carbocycles. The van der Waals surface area contributed by atoms with Gasteiger partial charge in [-0.1, -0.05) is 23.4 Å². The number of aromatic nitrogens is 3. The van der Waals surface area contributed by atoms with Gasteiger partial charge in [0.2, 0.25) is 0 Å². The Hall–Kier alpha value is -2.81. The van der Waals surface area contributed by atoms with Gasteiger partial charge < -0.3 is 13.7 Å². The van der Waals surface area contributed by atoms with Crippen LogP contribution in [0.3, 0.4) is 0 Å². The Bertz CT molecular complexity index is 1360. The van der Waals surface area contributed by atoms with Crippen molar-refractivity contribution in [3.63, 3.8) is 0 Å². The molecule has 3 aromatic heterocycles. The average Bonchev–Trinajstić information content (AvgIpc) is 3.40. The molecule has 0 aliphatic heterocycles. The lowest BCUT2D eigenvalue weighted by Gasteiger charge is -2.13. The molecule has 0 unspecified atom stereocenters. The minimum Gasteiger partial charge on any atom is -0.467 e. The van der Waals surface area contributed by atoms with Crippen LogP contribution in [0.4, 0.5) is 0 Å². The summed E-state index contributed by atoms with van der Waals surface area (Å²) in [4.78, 5) is 30.8. The van der Waals surface area contributed by atoms with E-state index in [9.17, 15) is 9.59 Å². The van der Waals surface area contributed by atoms with Gasteiger partial charge in [0.15, 0.2) is 10.9 Å². The van der Waals surface area contributed by atoms with Crippen LogP contribution in [0.1, 0.15) is 27.5 Å². The minimum atomic E-state index is -0.180. The summed E-state index contributed by atoms with van der Waals surface area (Å²) in [6.45, 7) is 5.16. The maximum Gasteiger partial charge on any atom is 0.262 e. The number of thioether (sulfide) groups is 1. The molecular formula is C24H24ClN3O4S. The van der Waals surface area contributed by atoms with Gasteiger partial charge >= 0.3 is 0 Å². The molecule has 1 aromatic carbocycles. The highest BCUT2D eigenvalue weighted by Gasteiger charge is 2.19.